The van der Waals surface area contributed by atoms with Crippen LogP contribution in [0.15, 0.2) is 10.6 Å². The Labute approximate surface area is 140 Å². The van der Waals surface area contributed by atoms with Gasteiger partial charge in [-0.15, -0.1) is 0 Å². The number of hydrogen-bond acceptors (Lipinski definition) is 5. The number of aromatic nitrogens is 1. The third-order valence-electron chi connectivity index (χ3n) is 4.15. The van der Waals surface area contributed by atoms with Crippen molar-refractivity contribution in [3.8, 4) is 0 Å². The Kier molecular flexibility index (Phi) is 5.94. The molecule has 1 aliphatic rings. The van der Waals surface area contributed by atoms with Crippen molar-refractivity contribution < 1.29 is 18.9 Å². The van der Waals surface area contributed by atoms with Gasteiger partial charge >= 0.3 is 0 Å². The van der Waals surface area contributed by atoms with Crippen LogP contribution in [0.3, 0.4) is 0 Å². The van der Waals surface area contributed by atoms with E-state index in [1.165, 1.54) is 11.8 Å². The standard InChI is InChI=1S/C16H24N4O4/c1-10-8-13(19-24-10)18-14(22)9-20(3)16(23)15(17-11(2)21)12-6-4-5-7-12/h8,12,15H,4-7,9H2,1-3H3,(H,17,21)(H,18,19,22). The molecule has 1 aromatic rings. The van der Waals surface area contributed by atoms with E-state index in [0.29, 0.717) is 11.6 Å². The molecule has 1 aliphatic carbocycles. The number of hydrogen-bond donors (Lipinski definition) is 2. The minimum atomic E-state index is -0.572. The predicted octanol–water partition coefficient (Wildman–Crippen LogP) is 1.07. The molecule has 2 rings (SSSR count). The first kappa shape index (κ1) is 18.0. The van der Waals surface area contributed by atoms with Crippen LogP contribution in [0, 0.1) is 12.8 Å². The van der Waals surface area contributed by atoms with Gasteiger partial charge in [0, 0.05) is 20.0 Å². The highest BCUT2D eigenvalue weighted by atomic mass is 16.5. The molecule has 1 atom stereocenters. The average Bonchev–Trinajstić information content (AvgIpc) is 3.15. The third kappa shape index (κ3) is 4.81. The number of nitrogens with one attached hydrogen (secondary N) is 2. The number of likely N-dealkylation sites (N-methyl/N-ethyl adjacent to an activating group) is 1. The Bertz CT molecular complexity index is 607. The monoisotopic (exact) mass is 336 g/mol. The van der Waals surface area contributed by atoms with Crippen molar-refractivity contribution in [3.05, 3.63) is 11.8 Å². The molecular weight excluding hydrogens is 312 g/mol. The van der Waals surface area contributed by atoms with Gasteiger partial charge in [0.15, 0.2) is 5.82 Å². The lowest BCUT2D eigenvalue weighted by molar-refractivity contribution is -0.138. The van der Waals surface area contributed by atoms with Crippen molar-refractivity contribution in [3.63, 3.8) is 0 Å². The Morgan fingerprint density at radius 2 is 2.04 bits per heavy atom. The van der Waals surface area contributed by atoms with E-state index in [-0.39, 0.29) is 30.2 Å². The molecule has 0 bridgehead atoms. The molecular formula is C16H24N4O4. The highest BCUT2D eigenvalue weighted by Gasteiger charge is 2.33. The predicted molar refractivity (Wildman–Crippen MR) is 87.1 cm³/mol. The number of rotatable bonds is 6. The SMILES string of the molecule is CC(=O)NC(C(=O)N(C)CC(=O)Nc1cc(C)on1)C1CCCC1. The zero-order valence-corrected chi connectivity index (χ0v) is 14.3. The molecule has 0 saturated heterocycles. The topological polar surface area (TPSA) is 105 Å². The van der Waals surface area contributed by atoms with E-state index in [2.05, 4.69) is 15.8 Å². The van der Waals surface area contributed by atoms with E-state index in [1.54, 1.807) is 20.0 Å². The Morgan fingerprint density at radius 1 is 1.38 bits per heavy atom. The summed E-state index contributed by atoms with van der Waals surface area (Å²) >= 11 is 0. The average molecular weight is 336 g/mol. The number of nitrogens with zero attached hydrogens (tertiary/aromatic N) is 2. The van der Waals surface area contributed by atoms with Gasteiger partial charge in [-0.2, -0.15) is 0 Å². The molecule has 8 nitrogen and oxygen atoms in total. The van der Waals surface area contributed by atoms with Crippen LogP contribution in [0.2, 0.25) is 0 Å². The first-order chi connectivity index (χ1) is 11.4. The van der Waals surface area contributed by atoms with Crippen LogP contribution in [0.4, 0.5) is 5.82 Å². The summed E-state index contributed by atoms with van der Waals surface area (Å²) in [4.78, 5) is 37.4. The molecule has 1 fully saturated rings. The van der Waals surface area contributed by atoms with Gasteiger partial charge in [-0.3, -0.25) is 14.4 Å². The van der Waals surface area contributed by atoms with Gasteiger partial charge in [-0.25, -0.2) is 0 Å². The van der Waals surface area contributed by atoms with Gasteiger partial charge in [0.2, 0.25) is 17.7 Å². The highest BCUT2D eigenvalue weighted by molar-refractivity contribution is 5.95. The zero-order valence-electron chi connectivity index (χ0n) is 14.3. The fourth-order valence-corrected chi connectivity index (χ4v) is 3.03. The molecule has 1 heterocycles. The fraction of sp³-hybridized carbons (Fsp3) is 0.625. The van der Waals surface area contributed by atoms with Crippen molar-refractivity contribution in [1.29, 1.82) is 0 Å². The quantitative estimate of drug-likeness (QED) is 0.809. The van der Waals surface area contributed by atoms with Crippen LogP contribution < -0.4 is 10.6 Å². The number of carbonyl (C=O) groups excluding carboxylic acids is 3. The van der Waals surface area contributed by atoms with Gasteiger partial charge < -0.3 is 20.1 Å². The smallest absolute Gasteiger partial charge is 0.245 e. The van der Waals surface area contributed by atoms with Gasteiger partial charge in [-0.05, 0) is 25.7 Å². The molecule has 8 heteroatoms. The van der Waals surface area contributed by atoms with Crippen LogP contribution in [-0.4, -0.2) is 47.4 Å². The van der Waals surface area contributed by atoms with Crippen molar-refractivity contribution in [2.24, 2.45) is 5.92 Å². The van der Waals surface area contributed by atoms with Gasteiger partial charge in [-0.1, -0.05) is 18.0 Å². The fourth-order valence-electron chi connectivity index (χ4n) is 3.03. The van der Waals surface area contributed by atoms with Crippen molar-refractivity contribution in [2.45, 2.75) is 45.6 Å². The van der Waals surface area contributed by atoms with Gasteiger partial charge in [0.25, 0.3) is 0 Å². The van der Waals surface area contributed by atoms with E-state index >= 15 is 0 Å². The summed E-state index contributed by atoms with van der Waals surface area (Å²) in [5, 5.41) is 8.99. The summed E-state index contributed by atoms with van der Waals surface area (Å²) in [7, 11) is 1.56. The van der Waals surface area contributed by atoms with E-state index in [0.717, 1.165) is 25.7 Å². The van der Waals surface area contributed by atoms with Gasteiger partial charge in [0.1, 0.15) is 11.8 Å². The second-order valence-electron chi connectivity index (χ2n) is 6.29. The lowest BCUT2D eigenvalue weighted by Crippen LogP contribution is -2.51. The largest absolute Gasteiger partial charge is 0.360 e. The molecule has 0 spiro atoms. The summed E-state index contributed by atoms with van der Waals surface area (Å²) in [5.41, 5.74) is 0. The molecule has 132 valence electrons. The lowest BCUT2D eigenvalue weighted by atomic mass is 9.96. The first-order valence-corrected chi connectivity index (χ1v) is 8.12. The van der Waals surface area contributed by atoms with E-state index < -0.39 is 6.04 Å². The Balaban J connectivity index is 1.94. The summed E-state index contributed by atoms with van der Waals surface area (Å²) in [6, 6.07) is 1.02. The van der Waals surface area contributed by atoms with Crippen LogP contribution in [0.25, 0.3) is 0 Å². The van der Waals surface area contributed by atoms with Crippen LogP contribution in [-0.2, 0) is 14.4 Å². The minimum Gasteiger partial charge on any atom is -0.360 e. The number of aryl methyl sites for hydroxylation is 1. The van der Waals surface area contributed by atoms with E-state index in [9.17, 15) is 14.4 Å². The molecule has 1 saturated carbocycles. The minimum absolute atomic E-state index is 0.118. The second-order valence-corrected chi connectivity index (χ2v) is 6.29. The van der Waals surface area contributed by atoms with Crippen molar-refractivity contribution in [1.82, 2.24) is 15.4 Å². The van der Waals surface area contributed by atoms with E-state index in [4.69, 9.17) is 4.52 Å². The maximum Gasteiger partial charge on any atom is 0.245 e. The Morgan fingerprint density at radius 3 is 2.58 bits per heavy atom. The second kappa shape index (κ2) is 7.94. The lowest BCUT2D eigenvalue weighted by Gasteiger charge is -2.27. The molecule has 24 heavy (non-hydrogen) atoms. The molecule has 2 N–H and O–H groups in total. The van der Waals surface area contributed by atoms with Crippen molar-refractivity contribution in [2.75, 3.05) is 18.9 Å². The van der Waals surface area contributed by atoms with Crippen LogP contribution in [0.5, 0.6) is 0 Å². The van der Waals surface area contributed by atoms with Gasteiger partial charge in [0.05, 0.1) is 6.54 Å². The maximum atomic E-state index is 12.7. The molecule has 0 aromatic carbocycles. The molecule has 1 aromatic heterocycles. The Hall–Kier alpha value is -2.38. The number of anilines is 1. The molecule has 0 radical (unpaired) electrons. The number of amides is 3. The maximum absolute atomic E-state index is 12.7. The highest BCUT2D eigenvalue weighted by Crippen LogP contribution is 2.28. The number of carbonyl (C=O) groups is 3. The van der Waals surface area contributed by atoms with E-state index in [1.807, 2.05) is 0 Å². The molecule has 0 aliphatic heterocycles. The third-order valence-corrected chi connectivity index (χ3v) is 4.15. The summed E-state index contributed by atoms with van der Waals surface area (Å²) in [5.74, 6) is 0.172. The molecule has 1 unspecified atom stereocenters. The first-order valence-electron chi connectivity index (χ1n) is 8.12. The van der Waals surface area contributed by atoms with Crippen molar-refractivity contribution >= 4 is 23.5 Å². The zero-order chi connectivity index (χ0) is 17.7. The summed E-state index contributed by atoms with van der Waals surface area (Å²) in [6.45, 7) is 3.00. The van der Waals surface area contributed by atoms with Crippen LogP contribution >= 0.6 is 0 Å². The molecule has 3 amide bonds. The normalized spacial score (nSPS) is 15.8. The van der Waals surface area contributed by atoms with Crippen LogP contribution in [0.1, 0.15) is 38.4 Å². The summed E-state index contributed by atoms with van der Waals surface area (Å²) < 4.78 is 4.87. The summed E-state index contributed by atoms with van der Waals surface area (Å²) in [6.07, 6.45) is 3.94.